The molecule has 3 heteroatoms. The molecule has 2 N–H and O–H groups in total. The van der Waals surface area contributed by atoms with Gasteiger partial charge in [0, 0.05) is 36.6 Å². The van der Waals surface area contributed by atoms with Crippen molar-refractivity contribution in [2.24, 2.45) is 5.73 Å². The topological polar surface area (TPSA) is 42.2 Å². The third-order valence-corrected chi connectivity index (χ3v) is 4.86. The quantitative estimate of drug-likeness (QED) is 0.920. The third-order valence-electron chi connectivity index (χ3n) is 4.86. The first kappa shape index (κ1) is 14.5. The van der Waals surface area contributed by atoms with E-state index in [2.05, 4.69) is 44.7 Å². The van der Waals surface area contributed by atoms with Gasteiger partial charge in [-0.15, -0.1) is 0 Å². The number of benzene rings is 1. The Labute approximate surface area is 127 Å². The zero-order chi connectivity index (χ0) is 15.1. The summed E-state index contributed by atoms with van der Waals surface area (Å²) < 4.78 is 0. The van der Waals surface area contributed by atoms with E-state index >= 15 is 0 Å². The van der Waals surface area contributed by atoms with E-state index in [0.29, 0.717) is 0 Å². The summed E-state index contributed by atoms with van der Waals surface area (Å²) in [5.74, 6) is 0. The molecule has 0 radical (unpaired) electrons. The van der Waals surface area contributed by atoms with E-state index in [-0.39, 0.29) is 6.04 Å². The highest BCUT2D eigenvalue weighted by Gasteiger charge is 2.23. The van der Waals surface area contributed by atoms with Crippen molar-refractivity contribution in [1.29, 1.82) is 0 Å². The highest BCUT2D eigenvalue weighted by molar-refractivity contribution is 5.87. The van der Waals surface area contributed by atoms with E-state index in [1.165, 1.54) is 33.3 Å². The number of nitrogens with zero attached hydrogens (tertiary/aromatic N) is 2. The van der Waals surface area contributed by atoms with E-state index in [0.717, 1.165) is 31.6 Å². The second-order valence-electron chi connectivity index (χ2n) is 6.26. The number of aromatic nitrogens is 1. The Kier molecular flexibility index (Phi) is 3.72. The van der Waals surface area contributed by atoms with Crippen LogP contribution in [0.4, 0.5) is 0 Å². The van der Waals surface area contributed by atoms with Gasteiger partial charge in [0.25, 0.3) is 0 Å². The molecule has 1 atom stereocenters. The van der Waals surface area contributed by atoms with Gasteiger partial charge in [-0.05, 0) is 49.6 Å². The number of aryl methyl sites for hydroxylation is 2. The van der Waals surface area contributed by atoms with Crippen molar-refractivity contribution in [3.05, 3.63) is 40.1 Å². The molecule has 0 amide bonds. The normalized spacial score (nSPS) is 17.0. The molecule has 21 heavy (non-hydrogen) atoms. The molecule has 0 saturated heterocycles. The Morgan fingerprint density at radius 1 is 1.33 bits per heavy atom. The van der Waals surface area contributed by atoms with Crippen LogP contribution in [-0.2, 0) is 13.0 Å². The van der Waals surface area contributed by atoms with Crippen LogP contribution in [0.1, 0.15) is 47.8 Å². The molecule has 0 spiro atoms. The van der Waals surface area contributed by atoms with E-state index in [1.807, 2.05) is 0 Å². The predicted octanol–water partition coefficient (Wildman–Crippen LogP) is 3.25. The summed E-state index contributed by atoms with van der Waals surface area (Å²) >= 11 is 0. The highest BCUT2D eigenvalue weighted by atomic mass is 15.1. The average Bonchev–Trinajstić information content (AvgIpc) is 2.48. The minimum absolute atomic E-state index is 0.0446. The van der Waals surface area contributed by atoms with Crippen LogP contribution in [-0.4, -0.2) is 23.0 Å². The number of likely N-dealkylation sites (N-methyl/N-ethyl adjacent to an activating group) is 1. The molecule has 3 nitrogen and oxygen atoms in total. The molecular formula is C18H25N3. The molecule has 0 saturated carbocycles. The largest absolute Gasteiger partial charge is 0.324 e. The van der Waals surface area contributed by atoms with Crippen molar-refractivity contribution in [1.82, 2.24) is 9.88 Å². The molecule has 1 aromatic carbocycles. The molecule has 1 aliphatic heterocycles. The fraction of sp³-hybridized carbons (Fsp3) is 0.500. The highest BCUT2D eigenvalue weighted by Crippen LogP contribution is 2.33. The second-order valence-corrected chi connectivity index (χ2v) is 6.26. The number of pyridine rings is 1. The molecule has 1 unspecified atom stereocenters. The Hall–Kier alpha value is -1.45. The number of hydrogen-bond donors (Lipinski definition) is 1. The van der Waals surface area contributed by atoms with Gasteiger partial charge in [0.1, 0.15) is 0 Å². The van der Waals surface area contributed by atoms with Crippen LogP contribution in [0.3, 0.4) is 0 Å². The minimum Gasteiger partial charge on any atom is -0.324 e. The number of hydrogen-bond acceptors (Lipinski definition) is 3. The van der Waals surface area contributed by atoms with Crippen LogP contribution in [0, 0.1) is 13.8 Å². The van der Waals surface area contributed by atoms with Gasteiger partial charge < -0.3 is 5.73 Å². The lowest BCUT2D eigenvalue weighted by molar-refractivity contribution is 0.264. The third kappa shape index (κ3) is 2.34. The Morgan fingerprint density at radius 2 is 2.10 bits per heavy atom. The second kappa shape index (κ2) is 5.39. The minimum atomic E-state index is 0.0446. The summed E-state index contributed by atoms with van der Waals surface area (Å²) in [6.07, 6.45) is 1.03. The first-order valence-corrected chi connectivity index (χ1v) is 7.92. The van der Waals surface area contributed by atoms with Gasteiger partial charge in [0.15, 0.2) is 0 Å². The average molecular weight is 283 g/mol. The molecule has 2 aromatic rings. The lowest BCUT2D eigenvalue weighted by Gasteiger charge is -2.30. The maximum atomic E-state index is 6.33. The molecule has 1 aromatic heterocycles. The Bertz CT molecular complexity index is 689. The van der Waals surface area contributed by atoms with Gasteiger partial charge in [-0.25, -0.2) is 0 Å². The molecule has 0 bridgehead atoms. The maximum absolute atomic E-state index is 6.33. The van der Waals surface area contributed by atoms with Crippen molar-refractivity contribution in [3.63, 3.8) is 0 Å². The van der Waals surface area contributed by atoms with Crippen LogP contribution in [0.25, 0.3) is 10.9 Å². The summed E-state index contributed by atoms with van der Waals surface area (Å²) in [4.78, 5) is 7.48. The first-order chi connectivity index (χ1) is 10.0. The van der Waals surface area contributed by atoms with E-state index in [9.17, 15) is 0 Å². The van der Waals surface area contributed by atoms with Crippen LogP contribution < -0.4 is 5.73 Å². The van der Waals surface area contributed by atoms with Crippen molar-refractivity contribution in [2.45, 2.75) is 46.7 Å². The zero-order valence-electron chi connectivity index (χ0n) is 13.5. The smallest absolute Gasteiger partial charge is 0.0740 e. The molecule has 1 aliphatic rings. The van der Waals surface area contributed by atoms with Crippen molar-refractivity contribution < 1.29 is 0 Å². The van der Waals surface area contributed by atoms with E-state index in [1.54, 1.807) is 0 Å². The van der Waals surface area contributed by atoms with Crippen LogP contribution in [0.15, 0.2) is 12.1 Å². The van der Waals surface area contributed by atoms with Crippen molar-refractivity contribution >= 4 is 10.9 Å². The summed E-state index contributed by atoms with van der Waals surface area (Å²) in [7, 11) is 0. The standard InChI is InChI=1S/C18H25N3/c1-5-21-9-8-16-15(10-21)17(13(4)19)14-7-6-11(2)12(3)18(14)20-16/h6-7,13H,5,8-10,19H2,1-4H3. The van der Waals surface area contributed by atoms with Gasteiger partial charge in [-0.1, -0.05) is 19.1 Å². The lowest BCUT2D eigenvalue weighted by Crippen LogP contribution is -2.32. The van der Waals surface area contributed by atoms with Crippen LogP contribution in [0.2, 0.25) is 0 Å². The van der Waals surface area contributed by atoms with E-state index in [4.69, 9.17) is 10.7 Å². The SMILES string of the molecule is CCN1CCc2nc3c(C)c(C)ccc3c(C(C)N)c2C1. The summed E-state index contributed by atoms with van der Waals surface area (Å²) in [6, 6.07) is 4.44. The molecule has 112 valence electrons. The molecule has 3 rings (SSSR count). The molecular weight excluding hydrogens is 258 g/mol. The number of nitrogens with two attached hydrogens (primary N) is 1. The summed E-state index contributed by atoms with van der Waals surface area (Å²) in [5.41, 5.74) is 14.0. The van der Waals surface area contributed by atoms with Gasteiger partial charge in [-0.2, -0.15) is 0 Å². The zero-order valence-corrected chi connectivity index (χ0v) is 13.5. The molecule has 0 aliphatic carbocycles. The van der Waals surface area contributed by atoms with Gasteiger partial charge in [-0.3, -0.25) is 9.88 Å². The van der Waals surface area contributed by atoms with E-state index < -0.39 is 0 Å². The number of fused-ring (bicyclic) bond motifs is 2. The number of rotatable bonds is 2. The van der Waals surface area contributed by atoms with Gasteiger partial charge >= 0.3 is 0 Å². The maximum Gasteiger partial charge on any atom is 0.0740 e. The van der Waals surface area contributed by atoms with Crippen LogP contribution >= 0.6 is 0 Å². The van der Waals surface area contributed by atoms with Crippen LogP contribution in [0.5, 0.6) is 0 Å². The Balaban J connectivity index is 2.32. The first-order valence-electron chi connectivity index (χ1n) is 7.92. The van der Waals surface area contributed by atoms with Crippen molar-refractivity contribution in [3.8, 4) is 0 Å². The fourth-order valence-electron chi connectivity index (χ4n) is 3.42. The molecule has 2 heterocycles. The monoisotopic (exact) mass is 283 g/mol. The van der Waals surface area contributed by atoms with Gasteiger partial charge in [0.05, 0.1) is 5.52 Å². The summed E-state index contributed by atoms with van der Waals surface area (Å²) in [5, 5.41) is 1.24. The van der Waals surface area contributed by atoms with Gasteiger partial charge in [0.2, 0.25) is 0 Å². The molecule has 0 fully saturated rings. The fourth-order valence-corrected chi connectivity index (χ4v) is 3.42. The van der Waals surface area contributed by atoms with Crippen molar-refractivity contribution in [2.75, 3.05) is 13.1 Å². The summed E-state index contributed by atoms with van der Waals surface area (Å²) in [6.45, 7) is 11.8. The predicted molar refractivity (Wildman–Crippen MR) is 88.5 cm³/mol. The Morgan fingerprint density at radius 3 is 2.76 bits per heavy atom. The lowest BCUT2D eigenvalue weighted by atomic mass is 9.90.